The third kappa shape index (κ3) is 4.81. The van der Waals surface area contributed by atoms with Gasteiger partial charge >= 0.3 is 0 Å². The Bertz CT molecular complexity index is 1370. The van der Waals surface area contributed by atoms with E-state index in [-0.39, 0.29) is 4.90 Å². The number of furan rings is 1. The van der Waals surface area contributed by atoms with E-state index in [4.69, 9.17) is 9.56 Å². The number of rotatable bonds is 7. The Morgan fingerprint density at radius 2 is 1.44 bits per heavy atom. The molecule has 0 aliphatic rings. The number of sulfonamides is 1. The summed E-state index contributed by atoms with van der Waals surface area (Å²) in [4.78, 5) is 13.0. The number of hydrogen-bond acceptors (Lipinski definition) is 6. The SMILES string of the molecule is NS(=O)(=O)c1ccc(-c2ccc(/C=N/NC(=O)C(O)(c3ccccc3)c3ccccc3)o2)cc1. The Balaban J connectivity index is 1.52. The third-order valence-corrected chi connectivity index (χ3v) is 6.09. The van der Waals surface area contributed by atoms with Gasteiger partial charge < -0.3 is 9.52 Å². The van der Waals surface area contributed by atoms with Gasteiger partial charge in [-0.05, 0) is 47.5 Å². The maximum Gasteiger partial charge on any atom is 0.281 e. The fraction of sp³-hybridized carbons (Fsp3) is 0.0400. The summed E-state index contributed by atoms with van der Waals surface area (Å²) in [6, 6.07) is 26.4. The first kappa shape index (κ1) is 23.1. The van der Waals surface area contributed by atoms with E-state index in [1.807, 2.05) is 0 Å². The van der Waals surface area contributed by atoms with Gasteiger partial charge in [-0.1, -0.05) is 60.7 Å². The van der Waals surface area contributed by atoms with Gasteiger partial charge in [0.2, 0.25) is 10.0 Å². The predicted octanol–water partition coefficient (Wildman–Crippen LogP) is 2.98. The minimum absolute atomic E-state index is 0.00313. The summed E-state index contributed by atoms with van der Waals surface area (Å²) >= 11 is 0. The third-order valence-electron chi connectivity index (χ3n) is 5.16. The number of benzene rings is 3. The largest absolute Gasteiger partial charge is 0.455 e. The van der Waals surface area contributed by atoms with Crippen molar-refractivity contribution in [2.75, 3.05) is 0 Å². The maximum atomic E-state index is 13.0. The van der Waals surface area contributed by atoms with Gasteiger partial charge in [0.25, 0.3) is 5.91 Å². The number of hydrazone groups is 1. The van der Waals surface area contributed by atoms with Crippen molar-refractivity contribution in [1.82, 2.24) is 5.43 Å². The molecule has 172 valence electrons. The van der Waals surface area contributed by atoms with Crippen LogP contribution < -0.4 is 10.6 Å². The van der Waals surface area contributed by atoms with Gasteiger partial charge in [-0.15, -0.1) is 0 Å². The van der Waals surface area contributed by atoms with Crippen LogP contribution in [0.1, 0.15) is 16.9 Å². The first-order valence-corrected chi connectivity index (χ1v) is 11.7. The Morgan fingerprint density at radius 1 is 0.882 bits per heavy atom. The number of nitrogens with two attached hydrogens (primary N) is 1. The molecule has 3 aromatic carbocycles. The lowest BCUT2D eigenvalue weighted by Crippen LogP contribution is -2.43. The van der Waals surface area contributed by atoms with Crippen molar-refractivity contribution in [3.05, 3.63) is 114 Å². The molecule has 1 amide bonds. The Hall–Kier alpha value is -4.05. The van der Waals surface area contributed by atoms with Gasteiger partial charge in [0.15, 0.2) is 5.60 Å². The first-order chi connectivity index (χ1) is 16.3. The number of carbonyl (C=O) groups is 1. The number of nitrogens with one attached hydrogen (secondary N) is 1. The van der Waals surface area contributed by atoms with Crippen LogP contribution in [-0.4, -0.2) is 25.6 Å². The van der Waals surface area contributed by atoms with Crippen LogP contribution >= 0.6 is 0 Å². The second-order valence-electron chi connectivity index (χ2n) is 7.41. The molecule has 1 heterocycles. The van der Waals surface area contributed by atoms with Crippen molar-refractivity contribution in [1.29, 1.82) is 0 Å². The summed E-state index contributed by atoms with van der Waals surface area (Å²) in [6.45, 7) is 0. The van der Waals surface area contributed by atoms with Crippen LogP contribution in [0, 0.1) is 0 Å². The van der Waals surface area contributed by atoms with Crippen LogP contribution in [0.2, 0.25) is 0 Å². The van der Waals surface area contributed by atoms with Crippen molar-refractivity contribution < 1.29 is 22.7 Å². The van der Waals surface area contributed by atoms with Gasteiger partial charge in [-0.2, -0.15) is 5.10 Å². The molecule has 0 spiro atoms. The molecule has 8 nitrogen and oxygen atoms in total. The number of amides is 1. The number of aliphatic hydroxyl groups is 1. The standard InChI is InChI=1S/C25H21N3O5S/c26-34(31,32)22-14-11-18(12-15-22)23-16-13-21(33-23)17-27-28-24(29)25(30,19-7-3-1-4-8-19)20-9-5-2-6-10-20/h1-17,30H,(H,28,29)(H2,26,31,32)/b27-17+. The molecule has 4 aromatic rings. The topological polar surface area (TPSA) is 135 Å². The zero-order valence-corrected chi connectivity index (χ0v) is 18.6. The van der Waals surface area contributed by atoms with Crippen LogP contribution in [0.15, 0.2) is 111 Å². The fourth-order valence-electron chi connectivity index (χ4n) is 3.41. The van der Waals surface area contributed by atoms with Crippen molar-refractivity contribution in [2.24, 2.45) is 10.2 Å². The monoisotopic (exact) mass is 475 g/mol. The van der Waals surface area contributed by atoms with Gasteiger partial charge in [0.1, 0.15) is 11.5 Å². The average Bonchev–Trinajstić information content (AvgIpc) is 3.33. The Labute approximate surface area is 196 Å². The quantitative estimate of drug-likeness (QED) is 0.279. The molecule has 0 unspecified atom stereocenters. The molecule has 0 atom stereocenters. The molecule has 0 fully saturated rings. The van der Waals surface area contributed by atoms with Crippen molar-refractivity contribution in [2.45, 2.75) is 10.5 Å². The lowest BCUT2D eigenvalue weighted by molar-refractivity contribution is -0.136. The lowest BCUT2D eigenvalue weighted by atomic mass is 9.85. The van der Waals surface area contributed by atoms with E-state index in [0.29, 0.717) is 28.2 Å². The molecular weight excluding hydrogens is 454 g/mol. The molecule has 0 saturated carbocycles. The number of nitrogens with zero attached hydrogens (tertiary/aromatic N) is 1. The van der Waals surface area contributed by atoms with Gasteiger partial charge in [0.05, 0.1) is 11.1 Å². The average molecular weight is 476 g/mol. The smallest absolute Gasteiger partial charge is 0.281 e. The summed E-state index contributed by atoms with van der Waals surface area (Å²) < 4.78 is 28.5. The second-order valence-corrected chi connectivity index (χ2v) is 8.97. The van der Waals surface area contributed by atoms with Crippen LogP contribution in [0.3, 0.4) is 0 Å². The van der Waals surface area contributed by atoms with Crippen LogP contribution in [0.25, 0.3) is 11.3 Å². The van der Waals surface area contributed by atoms with Crippen molar-refractivity contribution in [3.63, 3.8) is 0 Å². The molecular formula is C25H21N3O5S. The van der Waals surface area contributed by atoms with Crippen LogP contribution in [-0.2, 0) is 20.4 Å². The van der Waals surface area contributed by atoms with Gasteiger partial charge in [-0.25, -0.2) is 19.0 Å². The fourth-order valence-corrected chi connectivity index (χ4v) is 3.92. The number of hydrogen-bond donors (Lipinski definition) is 3. The lowest BCUT2D eigenvalue weighted by Gasteiger charge is -2.26. The normalized spacial score (nSPS) is 12.1. The van der Waals surface area contributed by atoms with Gasteiger partial charge in [-0.3, -0.25) is 4.79 Å². The minimum Gasteiger partial charge on any atom is -0.455 e. The summed E-state index contributed by atoms with van der Waals surface area (Å²) in [7, 11) is -3.78. The molecule has 0 bridgehead atoms. The molecule has 34 heavy (non-hydrogen) atoms. The van der Waals surface area contributed by atoms with E-state index in [0.717, 1.165) is 0 Å². The minimum atomic E-state index is -3.78. The number of carbonyl (C=O) groups excluding carboxylic acids is 1. The zero-order valence-electron chi connectivity index (χ0n) is 17.8. The molecule has 0 aliphatic carbocycles. The Morgan fingerprint density at radius 3 is 1.97 bits per heavy atom. The molecule has 4 N–H and O–H groups in total. The summed E-state index contributed by atoms with van der Waals surface area (Å²) in [5, 5.41) is 20.4. The molecule has 9 heteroatoms. The Kier molecular flexibility index (Phi) is 6.42. The van der Waals surface area contributed by atoms with Gasteiger partial charge in [0, 0.05) is 5.56 Å². The summed E-state index contributed by atoms with van der Waals surface area (Å²) in [5.74, 6) is 0.0825. The highest BCUT2D eigenvalue weighted by Gasteiger charge is 2.39. The van der Waals surface area contributed by atoms with Crippen molar-refractivity contribution >= 4 is 22.1 Å². The molecule has 1 aromatic heterocycles. The van der Waals surface area contributed by atoms with Crippen LogP contribution in [0.4, 0.5) is 0 Å². The first-order valence-electron chi connectivity index (χ1n) is 10.2. The van der Waals surface area contributed by atoms with Crippen molar-refractivity contribution in [3.8, 4) is 11.3 Å². The predicted molar refractivity (Wildman–Crippen MR) is 127 cm³/mol. The van der Waals surface area contributed by atoms with E-state index >= 15 is 0 Å². The summed E-state index contributed by atoms with van der Waals surface area (Å²) in [5.41, 5.74) is 1.87. The highest BCUT2D eigenvalue weighted by Crippen LogP contribution is 2.30. The van der Waals surface area contributed by atoms with E-state index in [1.54, 1.807) is 84.9 Å². The maximum absolute atomic E-state index is 13.0. The van der Waals surface area contributed by atoms with E-state index in [1.165, 1.54) is 18.3 Å². The summed E-state index contributed by atoms with van der Waals surface area (Å²) in [6.07, 6.45) is 1.30. The van der Waals surface area contributed by atoms with E-state index < -0.39 is 21.5 Å². The molecule has 0 saturated heterocycles. The highest BCUT2D eigenvalue weighted by molar-refractivity contribution is 7.89. The second kappa shape index (κ2) is 9.44. The highest BCUT2D eigenvalue weighted by atomic mass is 32.2. The van der Waals surface area contributed by atoms with E-state index in [9.17, 15) is 18.3 Å². The molecule has 4 rings (SSSR count). The van der Waals surface area contributed by atoms with Crippen LogP contribution in [0.5, 0.6) is 0 Å². The molecule has 0 radical (unpaired) electrons. The zero-order chi connectivity index (χ0) is 24.2. The van der Waals surface area contributed by atoms with E-state index in [2.05, 4.69) is 10.5 Å². The molecule has 0 aliphatic heterocycles. The number of primary sulfonamides is 1.